The van der Waals surface area contributed by atoms with Crippen LogP contribution in [-0.4, -0.2) is 10.9 Å². The van der Waals surface area contributed by atoms with Crippen molar-refractivity contribution in [3.8, 4) is 0 Å². The number of carbonyl (C=O) groups excluding carboxylic acids is 1. The molecule has 0 aliphatic heterocycles. The van der Waals surface area contributed by atoms with Crippen LogP contribution in [0.5, 0.6) is 0 Å². The Morgan fingerprint density at radius 3 is 2.65 bits per heavy atom. The van der Waals surface area contributed by atoms with E-state index in [1.54, 1.807) is 19.1 Å². The van der Waals surface area contributed by atoms with Crippen LogP contribution < -0.4 is 10.7 Å². The fourth-order valence-electron chi connectivity index (χ4n) is 1.56. The minimum absolute atomic E-state index is 0.00529. The Bertz CT molecular complexity index is 744. The van der Waals surface area contributed by atoms with Crippen LogP contribution >= 0.6 is 39.1 Å². The Morgan fingerprint density at radius 2 is 2.00 bits per heavy atom. The van der Waals surface area contributed by atoms with E-state index in [4.69, 9.17) is 23.2 Å². The molecule has 0 aliphatic rings. The highest BCUT2D eigenvalue weighted by molar-refractivity contribution is 9.10. The molecule has 20 heavy (non-hydrogen) atoms. The summed E-state index contributed by atoms with van der Waals surface area (Å²) in [5.74, 6) is -0.550. The van der Waals surface area contributed by atoms with Crippen molar-refractivity contribution < 1.29 is 4.79 Å². The predicted molar refractivity (Wildman–Crippen MR) is 83.9 cm³/mol. The molecule has 1 heterocycles. The maximum Gasteiger partial charge on any atom is 0.261 e. The molecule has 0 aliphatic carbocycles. The zero-order valence-electron chi connectivity index (χ0n) is 10.3. The first-order valence-electron chi connectivity index (χ1n) is 5.54. The van der Waals surface area contributed by atoms with Gasteiger partial charge in [-0.25, -0.2) is 0 Å². The number of anilines is 1. The molecule has 2 rings (SSSR count). The third-order valence-corrected chi connectivity index (χ3v) is 4.36. The summed E-state index contributed by atoms with van der Waals surface area (Å²) >= 11 is 15.2. The number of hydrogen-bond donors (Lipinski definition) is 2. The van der Waals surface area contributed by atoms with Gasteiger partial charge >= 0.3 is 0 Å². The van der Waals surface area contributed by atoms with E-state index in [0.29, 0.717) is 20.9 Å². The first-order chi connectivity index (χ1) is 9.40. The summed E-state index contributed by atoms with van der Waals surface area (Å²) in [6.07, 6.45) is 1.36. The molecule has 0 radical (unpaired) electrons. The van der Waals surface area contributed by atoms with Crippen LogP contribution in [0.15, 0.2) is 33.7 Å². The number of amides is 1. The summed E-state index contributed by atoms with van der Waals surface area (Å²) in [4.78, 5) is 26.6. The highest BCUT2D eigenvalue weighted by atomic mass is 79.9. The lowest BCUT2D eigenvalue weighted by Crippen LogP contribution is -2.21. The van der Waals surface area contributed by atoms with E-state index in [0.717, 1.165) is 0 Å². The van der Waals surface area contributed by atoms with Gasteiger partial charge in [0.2, 0.25) is 0 Å². The van der Waals surface area contributed by atoms with Crippen LogP contribution in [0.4, 0.5) is 5.69 Å². The van der Waals surface area contributed by atoms with Gasteiger partial charge in [0.15, 0.2) is 5.43 Å². The van der Waals surface area contributed by atoms with Crippen molar-refractivity contribution in [2.24, 2.45) is 0 Å². The van der Waals surface area contributed by atoms with Gasteiger partial charge in [-0.1, -0.05) is 23.2 Å². The smallest absolute Gasteiger partial charge is 0.261 e. The second-order valence-electron chi connectivity index (χ2n) is 4.07. The molecular weight excluding hydrogens is 367 g/mol. The molecule has 0 spiro atoms. The first kappa shape index (κ1) is 15.1. The standard InChI is InChI=1S/C13H9BrCl2N2O2/c1-6-4-10(19)7(5-17-6)13(20)18-9-3-2-8(14)11(15)12(9)16/h2-5H,1H3,(H,17,19)(H,18,20). The van der Waals surface area contributed by atoms with E-state index >= 15 is 0 Å². The number of aromatic nitrogens is 1. The predicted octanol–water partition coefficient (Wildman–Crippen LogP) is 4.00. The fourth-order valence-corrected chi connectivity index (χ4v) is 2.38. The third kappa shape index (κ3) is 3.06. The third-order valence-electron chi connectivity index (χ3n) is 2.59. The Hall–Kier alpha value is -1.30. The van der Waals surface area contributed by atoms with Crippen molar-refractivity contribution >= 4 is 50.7 Å². The van der Waals surface area contributed by atoms with Gasteiger partial charge < -0.3 is 10.3 Å². The molecular formula is C13H9BrCl2N2O2. The van der Waals surface area contributed by atoms with Crippen LogP contribution in [0, 0.1) is 6.92 Å². The lowest BCUT2D eigenvalue weighted by Gasteiger charge is -2.09. The van der Waals surface area contributed by atoms with Crippen molar-refractivity contribution in [1.82, 2.24) is 4.98 Å². The van der Waals surface area contributed by atoms with Gasteiger partial charge in [0.05, 0.1) is 15.7 Å². The van der Waals surface area contributed by atoms with Crippen LogP contribution in [0.1, 0.15) is 16.1 Å². The molecule has 2 N–H and O–H groups in total. The van der Waals surface area contributed by atoms with Gasteiger partial charge in [0.1, 0.15) is 5.56 Å². The molecule has 0 bridgehead atoms. The van der Waals surface area contributed by atoms with Crippen LogP contribution in [-0.2, 0) is 0 Å². The molecule has 1 aromatic heterocycles. The molecule has 0 saturated carbocycles. The lowest BCUT2D eigenvalue weighted by atomic mass is 10.2. The molecule has 104 valence electrons. The molecule has 0 unspecified atom stereocenters. The number of aryl methyl sites for hydroxylation is 1. The molecule has 0 fully saturated rings. The Kier molecular flexibility index (Phi) is 4.52. The quantitative estimate of drug-likeness (QED) is 0.779. The summed E-state index contributed by atoms with van der Waals surface area (Å²) in [5.41, 5.74) is 0.657. The topological polar surface area (TPSA) is 62.0 Å². The second-order valence-corrected chi connectivity index (χ2v) is 5.68. The monoisotopic (exact) mass is 374 g/mol. The van der Waals surface area contributed by atoms with Crippen LogP contribution in [0.3, 0.4) is 0 Å². The molecule has 1 aromatic carbocycles. The molecule has 1 amide bonds. The van der Waals surface area contributed by atoms with Crippen molar-refractivity contribution in [3.63, 3.8) is 0 Å². The van der Waals surface area contributed by atoms with Gasteiger partial charge in [-0.05, 0) is 35.0 Å². The average molecular weight is 376 g/mol. The van der Waals surface area contributed by atoms with Crippen molar-refractivity contribution in [1.29, 1.82) is 0 Å². The largest absolute Gasteiger partial charge is 0.364 e. The van der Waals surface area contributed by atoms with E-state index < -0.39 is 5.91 Å². The van der Waals surface area contributed by atoms with Crippen LogP contribution in [0.2, 0.25) is 10.0 Å². The van der Waals surface area contributed by atoms with E-state index in [9.17, 15) is 9.59 Å². The number of benzene rings is 1. The normalized spacial score (nSPS) is 10.4. The lowest BCUT2D eigenvalue weighted by molar-refractivity contribution is 0.102. The Labute approximate surface area is 133 Å². The zero-order chi connectivity index (χ0) is 14.9. The number of aromatic amines is 1. The van der Waals surface area contributed by atoms with Gasteiger partial charge in [-0.3, -0.25) is 9.59 Å². The van der Waals surface area contributed by atoms with Gasteiger partial charge in [-0.15, -0.1) is 0 Å². The molecule has 2 aromatic rings. The van der Waals surface area contributed by atoms with E-state index in [1.165, 1.54) is 12.3 Å². The van der Waals surface area contributed by atoms with Crippen LogP contribution in [0.25, 0.3) is 0 Å². The number of carbonyl (C=O) groups is 1. The van der Waals surface area contributed by atoms with Crippen molar-refractivity contribution in [2.75, 3.05) is 5.32 Å². The molecule has 7 heteroatoms. The zero-order valence-corrected chi connectivity index (χ0v) is 13.4. The molecule has 4 nitrogen and oxygen atoms in total. The fraction of sp³-hybridized carbons (Fsp3) is 0.0769. The van der Waals surface area contributed by atoms with Gasteiger partial charge in [0, 0.05) is 22.4 Å². The second kappa shape index (κ2) is 5.99. The number of halogens is 3. The summed E-state index contributed by atoms with van der Waals surface area (Å²) in [6.45, 7) is 1.73. The number of hydrogen-bond acceptors (Lipinski definition) is 2. The highest BCUT2D eigenvalue weighted by Crippen LogP contribution is 2.35. The summed E-state index contributed by atoms with van der Waals surface area (Å²) < 4.78 is 0.621. The first-order valence-corrected chi connectivity index (χ1v) is 7.09. The number of H-pyrrole nitrogens is 1. The summed E-state index contributed by atoms with van der Waals surface area (Å²) in [5, 5.41) is 3.06. The Balaban J connectivity index is 2.33. The van der Waals surface area contributed by atoms with Crippen molar-refractivity contribution in [3.05, 3.63) is 60.4 Å². The maximum absolute atomic E-state index is 12.1. The minimum atomic E-state index is -0.550. The molecule has 0 atom stereocenters. The van der Waals surface area contributed by atoms with Crippen molar-refractivity contribution in [2.45, 2.75) is 6.92 Å². The van der Waals surface area contributed by atoms with Gasteiger partial charge in [0.25, 0.3) is 5.91 Å². The Morgan fingerprint density at radius 1 is 1.30 bits per heavy atom. The van der Waals surface area contributed by atoms with Gasteiger partial charge in [-0.2, -0.15) is 0 Å². The highest BCUT2D eigenvalue weighted by Gasteiger charge is 2.14. The average Bonchev–Trinajstić information content (AvgIpc) is 2.39. The van der Waals surface area contributed by atoms with E-state index in [2.05, 4.69) is 26.2 Å². The SMILES string of the molecule is Cc1cc(=O)c(C(=O)Nc2ccc(Br)c(Cl)c2Cl)c[nH]1. The maximum atomic E-state index is 12.1. The number of rotatable bonds is 2. The number of nitrogens with one attached hydrogen (secondary N) is 2. The number of pyridine rings is 1. The molecule has 0 saturated heterocycles. The van der Waals surface area contributed by atoms with E-state index in [-0.39, 0.29) is 16.0 Å². The van der Waals surface area contributed by atoms with E-state index in [1.807, 2.05) is 0 Å². The summed E-state index contributed by atoms with van der Waals surface area (Å²) in [6, 6.07) is 4.60. The summed E-state index contributed by atoms with van der Waals surface area (Å²) in [7, 11) is 0. The minimum Gasteiger partial charge on any atom is -0.364 e.